The van der Waals surface area contributed by atoms with Crippen molar-refractivity contribution in [3.8, 4) is 5.69 Å². The monoisotopic (exact) mass is 368 g/mol. The summed E-state index contributed by atoms with van der Waals surface area (Å²) in [6.45, 7) is 2.30. The van der Waals surface area contributed by atoms with Crippen molar-refractivity contribution in [3.05, 3.63) is 64.1 Å². The maximum atomic E-state index is 13.7. The van der Waals surface area contributed by atoms with Crippen LogP contribution in [0.5, 0.6) is 0 Å². The van der Waals surface area contributed by atoms with Crippen LogP contribution in [0.4, 0.5) is 4.39 Å². The Bertz CT molecular complexity index is 1030. The molecule has 0 radical (unpaired) electrons. The van der Waals surface area contributed by atoms with Crippen molar-refractivity contribution in [3.63, 3.8) is 0 Å². The summed E-state index contributed by atoms with van der Waals surface area (Å²) in [6.07, 6.45) is 3.91. The minimum absolute atomic E-state index is 0.144. The average Bonchev–Trinajstić information content (AvgIpc) is 3.26. The number of benzene rings is 2. The van der Waals surface area contributed by atoms with Gasteiger partial charge in [0, 0.05) is 42.1 Å². The lowest BCUT2D eigenvalue weighted by Gasteiger charge is -2.24. The van der Waals surface area contributed by atoms with Gasteiger partial charge in [0.1, 0.15) is 5.82 Å². The molecule has 2 aliphatic heterocycles. The first-order valence-electron chi connectivity index (χ1n) is 8.92. The number of ether oxygens (including phenoxy) is 1. The molecule has 5 rings (SSSR count). The molecule has 132 valence electrons. The van der Waals surface area contributed by atoms with E-state index in [1.807, 2.05) is 6.21 Å². The zero-order chi connectivity index (χ0) is 17.7. The second-order valence-electron chi connectivity index (χ2n) is 6.97. The molecule has 2 aromatic carbocycles. The SMILES string of the molecule is Fc1ccc(-n2c(C3CCOCC3)cc3cc4c(cc32)C=NC4)cc1Cl. The molecule has 0 bridgehead atoms. The maximum absolute atomic E-state index is 13.7. The number of aliphatic imine (C=N–C) groups is 1. The third-order valence-electron chi connectivity index (χ3n) is 5.38. The van der Waals surface area contributed by atoms with Crippen LogP contribution in [0.25, 0.3) is 16.6 Å². The van der Waals surface area contributed by atoms with Gasteiger partial charge < -0.3 is 9.30 Å². The largest absolute Gasteiger partial charge is 0.381 e. The summed E-state index contributed by atoms with van der Waals surface area (Å²) in [7, 11) is 0. The van der Waals surface area contributed by atoms with Crippen LogP contribution in [-0.4, -0.2) is 24.0 Å². The summed E-state index contributed by atoms with van der Waals surface area (Å²) >= 11 is 6.08. The molecule has 2 aliphatic rings. The third kappa shape index (κ3) is 2.56. The summed E-state index contributed by atoms with van der Waals surface area (Å²) in [5.74, 6) is 0.0241. The predicted octanol–water partition coefficient (Wildman–Crippen LogP) is 5.25. The molecular weight excluding hydrogens is 351 g/mol. The lowest BCUT2D eigenvalue weighted by molar-refractivity contribution is 0.0842. The Kier molecular flexibility index (Phi) is 3.84. The van der Waals surface area contributed by atoms with Crippen molar-refractivity contribution in [2.45, 2.75) is 25.3 Å². The standard InChI is InChI=1S/C21H18ClFN2O/c22-18-10-17(1-2-19(18)23)25-20(13-3-5-26-6-4-13)8-14-7-15-11-24-12-16(15)9-21(14)25/h1-2,7-10,12-13H,3-6,11H2. The Labute approximate surface area is 156 Å². The van der Waals surface area contributed by atoms with Gasteiger partial charge in [0.25, 0.3) is 0 Å². The molecule has 0 saturated carbocycles. The molecule has 0 amide bonds. The van der Waals surface area contributed by atoms with E-state index in [1.54, 1.807) is 12.1 Å². The summed E-state index contributed by atoms with van der Waals surface area (Å²) in [5, 5.41) is 1.33. The van der Waals surface area contributed by atoms with Gasteiger partial charge in [-0.2, -0.15) is 0 Å². The molecule has 0 aliphatic carbocycles. The lowest BCUT2D eigenvalue weighted by atomic mass is 9.96. The van der Waals surface area contributed by atoms with Crippen molar-refractivity contribution in [2.24, 2.45) is 4.99 Å². The highest BCUT2D eigenvalue weighted by molar-refractivity contribution is 6.30. The normalized spacial score (nSPS) is 17.2. The number of hydrogen-bond donors (Lipinski definition) is 0. The van der Waals surface area contributed by atoms with Crippen LogP contribution in [0.3, 0.4) is 0 Å². The van der Waals surface area contributed by atoms with Gasteiger partial charge in [-0.3, -0.25) is 4.99 Å². The zero-order valence-electron chi connectivity index (χ0n) is 14.2. The highest BCUT2D eigenvalue weighted by atomic mass is 35.5. The molecule has 0 N–H and O–H groups in total. The van der Waals surface area contributed by atoms with E-state index >= 15 is 0 Å². The van der Waals surface area contributed by atoms with Gasteiger partial charge in [-0.05, 0) is 60.4 Å². The van der Waals surface area contributed by atoms with Crippen LogP contribution in [0.2, 0.25) is 5.02 Å². The molecule has 5 heteroatoms. The van der Waals surface area contributed by atoms with E-state index in [0.717, 1.165) is 49.4 Å². The zero-order valence-corrected chi connectivity index (χ0v) is 15.0. The Morgan fingerprint density at radius 3 is 2.77 bits per heavy atom. The number of hydrogen-bond acceptors (Lipinski definition) is 2. The van der Waals surface area contributed by atoms with E-state index in [4.69, 9.17) is 16.3 Å². The molecule has 1 fully saturated rings. The number of aromatic nitrogens is 1. The Morgan fingerprint density at radius 1 is 1.12 bits per heavy atom. The minimum Gasteiger partial charge on any atom is -0.381 e. The molecule has 0 spiro atoms. The minimum atomic E-state index is -0.396. The lowest BCUT2D eigenvalue weighted by Crippen LogP contribution is -2.16. The van der Waals surface area contributed by atoms with Crippen LogP contribution in [0.15, 0.2) is 41.4 Å². The maximum Gasteiger partial charge on any atom is 0.141 e. The molecular formula is C21H18ClFN2O. The fourth-order valence-electron chi connectivity index (χ4n) is 4.05. The second-order valence-corrected chi connectivity index (χ2v) is 7.38. The first kappa shape index (κ1) is 16.0. The Morgan fingerprint density at radius 2 is 1.96 bits per heavy atom. The number of halogens is 2. The van der Waals surface area contributed by atoms with Crippen molar-refractivity contribution in [1.82, 2.24) is 4.57 Å². The smallest absolute Gasteiger partial charge is 0.141 e. The molecule has 0 atom stereocenters. The second kappa shape index (κ2) is 6.22. The van der Waals surface area contributed by atoms with Crippen LogP contribution >= 0.6 is 11.6 Å². The third-order valence-corrected chi connectivity index (χ3v) is 5.67. The molecule has 26 heavy (non-hydrogen) atoms. The molecule has 1 aromatic heterocycles. The number of fused-ring (bicyclic) bond motifs is 2. The molecule has 0 unspecified atom stereocenters. The topological polar surface area (TPSA) is 26.5 Å². The number of rotatable bonds is 2. The van der Waals surface area contributed by atoms with E-state index in [0.29, 0.717) is 5.92 Å². The first-order chi connectivity index (χ1) is 12.7. The summed E-state index contributed by atoms with van der Waals surface area (Å²) in [6, 6.07) is 11.6. The Hall–Kier alpha value is -2.17. The van der Waals surface area contributed by atoms with Gasteiger partial charge in [0.2, 0.25) is 0 Å². The highest BCUT2D eigenvalue weighted by Gasteiger charge is 2.23. The van der Waals surface area contributed by atoms with Gasteiger partial charge in [-0.1, -0.05) is 11.6 Å². The van der Waals surface area contributed by atoms with Gasteiger partial charge >= 0.3 is 0 Å². The van der Waals surface area contributed by atoms with E-state index < -0.39 is 5.82 Å². The summed E-state index contributed by atoms with van der Waals surface area (Å²) < 4.78 is 21.5. The van der Waals surface area contributed by atoms with Crippen LogP contribution < -0.4 is 0 Å². The number of nitrogens with zero attached hydrogens (tertiary/aromatic N) is 2. The predicted molar refractivity (Wildman–Crippen MR) is 102 cm³/mol. The van der Waals surface area contributed by atoms with Crippen molar-refractivity contribution >= 4 is 28.7 Å². The van der Waals surface area contributed by atoms with E-state index in [9.17, 15) is 4.39 Å². The van der Waals surface area contributed by atoms with E-state index in [1.165, 1.54) is 22.7 Å². The fourth-order valence-corrected chi connectivity index (χ4v) is 4.22. The van der Waals surface area contributed by atoms with Crippen LogP contribution in [0, 0.1) is 5.82 Å². The molecule has 3 heterocycles. The highest BCUT2D eigenvalue weighted by Crippen LogP contribution is 2.36. The van der Waals surface area contributed by atoms with Crippen molar-refractivity contribution in [1.29, 1.82) is 0 Å². The van der Waals surface area contributed by atoms with Gasteiger partial charge in [-0.25, -0.2) is 4.39 Å². The Balaban J connectivity index is 1.76. The average molecular weight is 369 g/mol. The van der Waals surface area contributed by atoms with E-state index in [-0.39, 0.29) is 5.02 Å². The van der Waals surface area contributed by atoms with Crippen LogP contribution in [-0.2, 0) is 11.3 Å². The van der Waals surface area contributed by atoms with Gasteiger partial charge in [0.05, 0.1) is 17.1 Å². The summed E-state index contributed by atoms with van der Waals surface area (Å²) in [5.41, 5.74) is 5.66. The fraction of sp³-hybridized carbons (Fsp3) is 0.286. The molecule has 1 saturated heterocycles. The van der Waals surface area contributed by atoms with Crippen molar-refractivity contribution < 1.29 is 9.13 Å². The summed E-state index contributed by atoms with van der Waals surface area (Å²) in [4.78, 5) is 4.37. The van der Waals surface area contributed by atoms with Gasteiger partial charge in [-0.15, -0.1) is 0 Å². The molecule has 3 nitrogen and oxygen atoms in total. The van der Waals surface area contributed by atoms with Crippen LogP contribution in [0.1, 0.15) is 35.6 Å². The van der Waals surface area contributed by atoms with Gasteiger partial charge in [0.15, 0.2) is 0 Å². The van der Waals surface area contributed by atoms with Crippen molar-refractivity contribution in [2.75, 3.05) is 13.2 Å². The van der Waals surface area contributed by atoms with E-state index in [2.05, 4.69) is 27.8 Å². The first-order valence-corrected chi connectivity index (χ1v) is 9.30. The quantitative estimate of drug-likeness (QED) is 0.606. The molecule has 3 aromatic rings.